The van der Waals surface area contributed by atoms with E-state index in [1.54, 1.807) is 12.1 Å². The Morgan fingerprint density at radius 3 is 2.78 bits per heavy atom. The molecule has 3 nitrogen and oxygen atoms in total. The molecule has 5 heteroatoms. The minimum absolute atomic E-state index is 0.000255. The molecule has 2 aromatic carbocycles. The molecular weight excluding hydrogens is 331 g/mol. The summed E-state index contributed by atoms with van der Waals surface area (Å²) in [6.45, 7) is 3.19. The van der Waals surface area contributed by atoms with Gasteiger partial charge >= 0.3 is 0 Å². The van der Waals surface area contributed by atoms with Crippen LogP contribution in [0.15, 0.2) is 42.5 Å². The highest BCUT2D eigenvalue weighted by Crippen LogP contribution is 2.27. The summed E-state index contributed by atoms with van der Waals surface area (Å²) in [6.07, 6.45) is 0.992. The molecule has 0 unspecified atom stereocenters. The molecule has 1 atom stereocenters. The lowest BCUT2D eigenvalue weighted by Gasteiger charge is -2.21. The highest BCUT2D eigenvalue weighted by molar-refractivity contribution is 6.42. The van der Waals surface area contributed by atoms with Crippen LogP contribution < -0.4 is 10.2 Å². The van der Waals surface area contributed by atoms with Gasteiger partial charge in [0.05, 0.1) is 22.6 Å². The van der Waals surface area contributed by atoms with Crippen LogP contribution in [-0.2, 0) is 11.2 Å². The van der Waals surface area contributed by atoms with Crippen molar-refractivity contribution in [3.8, 4) is 0 Å². The summed E-state index contributed by atoms with van der Waals surface area (Å²) in [6, 6.07) is 13.5. The van der Waals surface area contributed by atoms with Gasteiger partial charge in [0.15, 0.2) is 0 Å². The van der Waals surface area contributed by atoms with Crippen molar-refractivity contribution in [2.45, 2.75) is 19.4 Å². The smallest absolute Gasteiger partial charge is 0.239 e. The molecule has 0 bridgehead atoms. The SMILES string of the molecule is C[C@H](NC(=O)CN1CCc2ccccc21)c1ccc(Cl)c(Cl)c1. The molecular formula is C18H18Cl2N2O. The van der Waals surface area contributed by atoms with Gasteiger partial charge in [0.25, 0.3) is 0 Å². The second-order valence-corrected chi connectivity index (χ2v) is 6.58. The average molecular weight is 349 g/mol. The third kappa shape index (κ3) is 3.62. The first-order valence-corrected chi connectivity index (χ1v) is 8.37. The number of hydrogen-bond donors (Lipinski definition) is 1. The van der Waals surface area contributed by atoms with E-state index in [-0.39, 0.29) is 11.9 Å². The predicted octanol–water partition coefficient (Wildman–Crippen LogP) is 4.23. The monoisotopic (exact) mass is 348 g/mol. The standard InChI is InChI=1S/C18H18Cl2N2O/c1-12(14-6-7-15(19)16(20)10-14)21-18(23)11-22-9-8-13-4-2-3-5-17(13)22/h2-7,10,12H,8-9,11H2,1H3,(H,21,23)/t12-/m0/s1. The maximum atomic E-state index is 12.3. The number of fused-ring (bicyclic) bond motifs is 1. The maximum Gasteiger partial charge on any atom is 0.239 e. The van der Waals surface area contributed by atoms with Crippen LogP contribution >= 0.6 is 23.2 Å². The number of nitrogens with zero attached hydrogens (tertiary/aromatic N) is 1. The highest BCUT2D eigenvalue weighted by atomic mass is 35.5. The number of anilines is 1. The molecule has 0 spiro atoms. The van der Waals surface area contributed by atoms with E-state index in [1.807, 2.05) is 25.1 Å². The van der Waals surface area contributed by atoms with Crippen molar-refractivity contribution in [1.29, 1.82) is 0 Å². The van der Waals surface area contributed by atoms with Gasteiger partial charge in [0.2, 0.25) is 5.91 Å². The molecule has 0 aliphatic carbocycles. The Kier molecular flexibility index (Phi) is 4.79. The van der Waals surface area contributed by atoms with Crippen molar-refractivity contribution in [2.24, 2.45) is 0 Å². The highest BCUT2D eigenvalue weighted by Gasteiger charge is 2.21. The lowest BCUT2D eigenvalue weighted by atomic mass is 10.1. The molecule has 0 saturated heterocycles. The lowest BCUT2D eigenvalue weighted by molar-refractivity contribution is -0.120. The van der Waals surface area contributed by atoms with Crippen molar-refractivity contribution >= 4 is 34.8 Å². The Hall–Kier alpha value is -1.71. The number of nitrogens with one attached hydrogen (secondary N) is 1. The van der Waals surface area contributed by atoms with E-state index >= 15 is 0 Å². The van der Waals surface area contributed by atoms with Crippen LogP contribution in [0.2, 0.25) is 10.0 Å². The van der Waals surface area contributed by atoms with Gasteiger partial charge in [-0.15, -0.1) is 0 Å². The number of halogens is 2. The molecule has 1 amide bonds. The number of hydrogen-bond acceptors (Lipinski definition) is 2. The summed E-state index contributed by atoms with van der Waals surface area (Å²) in [4.78, 5) is 14.4. The topological polar surface area (TPSA) is 32.3 Å². The van der Waals surface area contributed by atoms with Gasteiger partial charge in [-0.2, -0.15) is 0 Å². The summed E-state index contributed by atoms with van der Waals surface area (Å²) in [5, 5.41) is 4.03. The Labute approximate surface area is 146 Å². The first-order chi connectivity index (χ1) is 11.0. The Balaban J connectivity index is 1.62. The summed E-state index contributed by atoms with van der Waals surface area (Å²) >= 11 is 12.0. The summed E-state index contributed by atoms with van der Waals surface area (Å²) in [5.41, 5.74) is 3.40. The zero-order valence-corrected chi connectivity index (χ0v) is 14.4. The third-order valence-electron chi connectivity index (χ3n) is 4.14. The van der Waals surface area contributed by atoms with Crippen molar-refractivity contribution in [1.82, 2.24) is 5.32 Å². The van der Waals surface area contributed by atoms with Crippen LogP contribution in [0, 0.1) is 0 Å². The molecule has 2 aromatic rings. The molecule has 1 N–H and O–H groups in total. The fourth-order valence-electron chi connectivity index (χ4n) is 2.90. The van der Waals surface area contributed by atoms with Crippen molar-refractivity contribution in [3.63, 3.8) is 0 Å². The lowest BCUT2D eigenvalue weighted by Crippen LogP contribution is -2.37. The predicted molar refractivity (Wildman–Crippen MR) is 95.4 cm³/mol. The van der Waals surface area contributed by atoms with Gasteiger partial charge in [-0.25, -0.2) is 0 Å². The molecule has 120 valence electrons. The molecule has 0 fully saturated rings. The first-order valence-electron chi connectivity index (χ1n) is 7.62. The maximum absolute atomic E-state index is 12.3. The Morgan fingerprint density at radius 1 is 1.22 bits per heavy atom. The minimum Gasteiger partial charge on any atom is -0.362 e. The van der Waals surface area contributed by atoms with Gasteiger partial charge in [-0.05, 0) is 42.7 Å². The minimum atomic E-state index is -0.116. The van der Waals surface area contributed by atoms with Crippen LogP contribution in [0.5, 0.6) is 0 Å². The fraction of sp³-hybridized carbons (Fsp3) is 0.278. The normalized spacial score (nSPS) is 14.5. The quantitative estimate of drug-likeness (QED) is 0.896. The summed E-state index contributed by atoms with van der Waals surface area (Å²) in [5.74, 6) is 0.000255. The number of carbonyl (C=O) groups is 1. The molecule has 3 rings (SSSR count). The van der Waals surface area contributed by atoms with Gasteiger partial charge < -0.3 is 10.2 Å². The number of carbonyl (C=O) groups excluding carboxylic acids is 1. The second kappa shape index (κ2) is 6.81. The zero-order chi connectivity index (χ0) is 16.4. The van der Waals surface area contributed by atoms with E-state index in [1.165, 1.54) is 5.56 Å². The Bertz CT molecular complexity index is 733. The second-order valence-electron chi connectivity index (χ2n) is 5.76. The van der Waals surface area contributed by atoms with Crippen LogP contribution in [0.25, 0.3) is 0 Å². The van der Waals surface area contributed by atoms with E-state index in [2.05, 4.69) is 22.3 Å². The molecule has 0 radical (unpaired) electrons. The van der Waals surface area contributed by atoms with Gasteiger partial charge in [-0.1, -0.05) is 47.5 Å². The zero-order valence-electron chi connectivity index (χ0n) is 12.9. The van der Waals surface area contributed by atoms with Gasteiger partial charge in [-0.3, -0.25) is 4.79 Å². The van der Waals surface area contributed by atoms with Crippen LogP contribution in [0.4, 0.5) is 5.69 Å². The van der Waals surface area contributed by atoms with Gasteiger partial charge in [0.1, 0.15) is 0 Å². The average Bonchev–Trinajstić information content (AvgIpc) is 2.93. The Morgan fingerprint density at radius 2 is 2.00 bits per heavy atom. The molecule has 0 saturated carbocycles. The van der Waals surface area contributed by atoms with Crippen molar-refractivity contribution in [2.75, 3.05) is 18.0 Å². The molecule has 1 heterocycles. The summed E-state index contributed by atoms with van der Waals surface area (Å²) < 4.78 is 0. The number of rotatable bonds is 4. The van der Waals surface area contributed by atoms with E-state index in [0.717, 1.165) is 24.2 Å². The first kappa shape index (κ1) is 16.2. The van der Waals surface area contributed by atoms with E-state index in [4.69, 9.17) is 23.2 Å². The number of amides is 1. The van der Waals surface area contributed by atoms with Crippen LogP contribution in [0.1, 0.15) is 24.1 Å². The molecule has 1 aliphatic rings. The summed E-state index contributed by atoms with van der Waals surface area (Å²) in [7, 11) is 0. The largest absolute Gasteiger partial charge is 0.362 e. The third-order valence-corrected chi connectivity index (χ3v) is 4.88. The number of benzene rings is 2. The number of para-hydroxylation sites is 1. The van der Waals surface area contributed by atoms with E-state index < -0.39 is 0 Å². The van der Waals surface area contributed by atoms with Gasteiger partial charge in [0, 0.05) is 12.2 Å². The molecule has 23 heavy (non-hydrogen) atoms. The van der Waals surface area contributed by atoms with E-state index in [9.17, 15) is 4.79 Å². The van der Waals surface area contributed by atoms with Crippen molar-refractivity contribution < 1.29 is 4.79 Å². The fourth-order valence-corrected chi connectivity index (χ4v) is 3.20. The van der Waals surface area contributed by atoms with Crippen LogP contribution in [0.3, 0.4) is 0 Å². The molecule has 0 aromatic heterocycles. The van der Waals surface area contributed by atoms with Crippen LogP contribution in [-0.4, -0.2) is 19.0 Å². The van der Waals surface area contributed by atoms with E-state index in [0.29, 0.717) is 16.6 Å². The van der Waals surface area contributed by atoms with Crippen molar-refractivity contribution in [3.05, 3.63) is 63.6 Å². The molecule has 1 aliphatic heterocycles.